The van der Waals surface area contributed by atoms with E-state index in [0.29, 0.717) is 5.16 Å². The minimum atomic E-state index is -0.913. The Morgan fingerprint density at radius 1 is 1.32 bits per heavy atom. The number of para-hydroxylation sites is 1. The van der Waals surface area contributed by atoms with Crippen molar-refractivity contribution < 1.29 is 4.79 Å². The Balaban J connectivity index is 1.87. The first kappa shape index (κ1) is 20.1. The van der Waals surface area contributed by atoms with Gasteiger partial charge < -0.3 is 9.88 Å². The van der Waals surface area contributed by atoms with Crippen molar-refractivity contribution in [1.82, 2.24) is 25.1 Å². The Morgan fingerprint density at radius 2 is 2.04 bits per heavy atom. The zero-order valence-electron chi connectivity index (χ0n) is 16.7. The number of carbonyl (C=O) groups excluding carboxylic acids is 1. The van der Waals surface area contributed by atoms with E-state index >= 15 is 0 Å². The Hall–Kier alpha value is -2.66. The first-order chi connectivity index (χ1) is 13.3. The summed E-state index contributed by atoms with van der Waals surface area (Å²) in [6.07, 6.45) is 0. The number of benzene rings is 1. The van der Waals surface area contributed by atoms with Gasteiger partial charge in [0.15, 0.2) is 5.65 Å². The predicted octanol–water partition coefficient (Wildman–Crippen LogP) is 3.53. The van der Waals surface area contributed by atoms with Gasteiger partial charge in [0.25, 0.3) is 0 Å². The number of aromatic nitrogens is 4. The van der Waals surface area contributed by atoms with Crippen LogP contribution in [-0.4, -0.2) is 36.4 Å². The van der Waals surface area contributed by atoms with Crippen molar-refractivity contribution in [1.29, 1.82) is 5.26 Å². The lowest BCUT2D eigenvalue weighted by Crippen LogP contribution is -2.51. The van der Waals surface area contributed by atoms with Crippen LogP contribution in [-0.2, 0) is 11.3 Å². The highest BCUT2D eigenvalue weighted by atomic mass is 32.2. The van der Waals surface area contributed by atoms with Crippen LogP contribution in [0.25, 0.3) is 22.1 Å². The summed E-state index contributed by atoms with van der Waals surface area (Å²) in [5, 5.41) is 21.9. The predicted molar refractivity (Wildman–Crippen MR) is 111 cm³/mol. The van der Waals surface area contributed by atoms with E-state index in [2.05, 4.69) is 38.1 Å². The molecule has 1 aromatic carbocycles. The maximum absolute atomic E-state index is 12.6. The van der Waals surface area contributed by atoms with Crippen LogP contribution < -0.4 is 5.32 Å². The van der Waals surface area contributed by atoms with Gasteiger partial charge in [-0.15, -0.1) is 10.2 Å². The average Bonchev–Trinajstić information content (AvgIpc) is 3.00. The second-order valence-corrected chi connectivity index (χ2v) is 8.55. The van der Waals surface area contributed by atoms with Crippen molar-refractivity contribution in [3.63, 3.8) is 0 Å². The SMILES string of the molecule is CCn1c2ccccc2c2nnc(SC(C)C(=O)NC(C)(C#N)C(C)C)nc21. The summed E-state index contributed by atoms with van der Waals surface area (Å²) in [6.45, 7) is 10.2. The average molecular weight is 397 g/mol. The van der Waals surface area contributed by atoms with E-state index in [-0.39, 0.29) is 11.8 Å². The van der Waals surface area contributed by atoms with Crippen LogP contribution in [0.2, 0.25) is 0 Å². The van der Waals surface area contributed by atoms with E-state index in [0.717, 1.165) is 28.6 Å². The van der Waals surface area contributed by atoms with Gasteiger partial charge in [-0.2, -0.15) is 5.26 Å². The smallest absolute Gasteiger partial charge is 0.234 e. The van der Waals surface area contributed by atoms with E-state index in [9.17, 15) is 10.1 Å². The normalized spacial score (nSPS) is 14.8. The minimum Gasteiger partial charge on any atom is -0.337 e. The van der Waals surface area contributed by atoms with Gasteiger partial charge in [-0.25, -0.2) is 4.98 Å². The minimum absolute atomic E-state index is 0.00632. The molecule has 0 saturated carbocycles. The number of hydrogen-bond acceptors (Lipinski definition) is 6. The maximum Gasteiger partial charge on any atom is 0.234 e. The van der Waals surface area contributed by atoms with Gasteiger partial charge in [0.05, 0.1) is 16.8 Å². The lowest BCUT2D eigenvalue weighted by atomic mass is 9.90. The van der Waals surface area contributed by atoms with Crippen LogP contribution >= 0.6 is 11.8 Å². The largest absolute Gasteiger partial charge is 0.337 e. The van der Waals surface area contributed by atoms with E-state index in [4.69, 9.17) is 0 Å². The molecule has 7 nitrogen and oxygen atoms in total. The van der Waals surface area contributed by atoms with Crippen LogP contribution in [0.3, 0.4) is 0 Å². The molecule has 0 saturated heterocycles. The number of nitriles is 1. The van der Waals surface area contributed by atoms with E-state index in [1.54, 1.807) is 13.8 Å². The summed E-state index contributed by atoms with van der Waals surface area (Å²) < 4.78 is 2.10. The molecule has 146 valence electrons. The number of thioether (sulfide) groups is 1. The van der Waals surface area contributed by atoms with Crippen LogP contribution in [0.1, 0.15) is 34.6 Å². The van der Waals surface area contributed by atoms with Gasteiger partial charge >= 0.3 is 0 Å². The number of nitrogens with one attached hydrogen (secondary N) is 1. The van der Waals surface area contributed by atoms with E-state index in [1.807, 2.05) is 38.1 Å². The molecule has 0 fully saturated rings. The molecule has 0 spiro atoms. The standard InChI is InChI=1S/C20H24N6OS/c1-6-26-15-10-8-7-9-14(15)16-17(26)22-19(25-24-16)28-13(4)18(27)23-20(5,11-21)12(2)3/h7-10,12-13H,6H2,1-5H3,(H,23,27). The van der Waals surface area contributed by atoms with Crippen molar-refractivity contribution in [2.24, 2.45) is 5.92 Å². The summed E-state index contributed by atoms with van der Waals surface area (Å²) in [5.74, 6) is -0.226. The quantitative estimate of drug-likeness (QED) is 0.640. The van der Waals surface area contributed by atoms with E-state index < -0.39 is 10.8 Å². The Kier molecular flexibility index (Phi) is 5.57. The van der Waals surface area contributed by atoms with Crippen LogP contribution in [0.5, 0.6) is 0 Å². The molecule has 3 rings (SSSR count). The first-order valence-electron chi connectivity index (χ1n) is 9.32. The molecule has 0 aliphatic heterocycles. The van der Waals surface area contributed by atoms with Crippen molar-refractivity contribution in [2.75, 3.05) is 0 Å². The topological polar surface area (TPSA) is 96.5 Å². The molecule has 0 radical (unpaired) electrons. The van der Waals surface area contributed by atoms with Crippen LogP contribution in [0.4, 0.5) is 0 Å². The number of rotatable bonds is 6. The van der Waals surface area contributed by atoms with Gasteiger partial charge in [0, 0.05) is 11.9 Å². The van der Waals surface area contributed by atoms with Crippen LogP contribution in [0, 0.1) is 17.2 Å². The third-order valence-electron chi connectivity index (χ3n) is 5.09. The molecule has 2 atom stereocenters. The lowest BCUT2D eigenvalue weighted by Gasteiger charge is -2.28. The number of hydrogen-bond donors (Lipinski definition) is 1. The monoisotopic (exact) mass is 396 g/mol. The zero-order chi connectivity index (χ0) is 20.5. The molecular formula is C20H24N6OS. The molecule has 2 aromatic heterocycles. The second-order valence-electron chi connectivity index (χ2n) is 7.25. The zero-order valence-corrected chi connectivity index (χ0v) is 17.5. The molecule has 0 aliphatic rings. The van der Waals surface area contributed by atoms with Crippen molar-refractivity contribution in [3.8, 4) is 6.07 Å². The highest BCUT2D eigenvalue weighted by Crippen LogP contribution is 2.28. The van der Waals surface area contributed by atoms with Crippen molar-refractivity contribution >= 4 is 39.7 Å². The molecule has 8 heteroatoms. The first-order valence-corrected chi connectivity index (χ1v) is 10.2. The number of aryl methyl sites for hydroxylation is 1. The summed E-state index contributed by atoms with van der Waals surface area (Å²) in [6, 6.07) is 10.2. The Labute approximate surface area is 168 Å². The second kappa shape index (κ2) is 7.76. The summed E-state index contributed by atoms with van der Waals surface area (Å²) in [7, 11) is 0. The molecule has 0 bridgehead atoms. The molecule has 3 aromatic rings. The summed E-state index contributed by atoms with van der Waals surface area (Å²) in [4.78, 5) is 17.3. The van der Waals surface area contributed by atoms with Gasteiger partial charge in [-0.3, -0.25) is 4.79 Å². The van der Waals surface area contributed by atoms with Crippen molar-refractivity contribution in [2.45, 2.75) is 57.1 Å². The van der Waals surface area contributed by atoms with Gasteiger partial charge in [0.1, 0.15) is 11.1 Å². The van der Waals surface area contributed by atoms with E-state index in [1.165, 1.54) is 11.8 Å². The number of fused-ring (bicyclic) bond motifs is 3. The van der Waals surface area contributed by atoms with Crippen LogP contribution in [0.15, 0.2) is 29.4 Å². The number of carbonyl (C=O) groups is 1. The Bertz CT molecular complexity index is 1070. The molecule has 1 amide bonds. The molecule has 28 heavy (non-hydrogen) atoms. The third kappa shape index (κ3) is 3.54. The lowest BCUT2D eigenvalue weighted by molar-refractivity contribution is -0.121. The number of amides is 1. The maximum atomic E-state index is 12.6. The fourth-order valence-corrected chi connectivity index (χ4v) is 3.64. The summed E-state index contributed by atoms with van der Waals surface area (Å²) >= 11 is 1.24. The van der Waals surface area contributed by atoms with Crippen molar-refractivity contribution in [3.05, 3.63) is 24.3 Å². The molecule has 2 unspecified atom stereocenters. The van der Waals surface area contributed by atoms with Gasteiger partial charge in [0.2, 0.25) is 11.1 Å². The number of nitrogens with zero attached hydrogens (tertiary/aromatic N) is 5. The van der Waals surface area contributed by atoms with Gasteiger partial charge in [-0.1, -0.05) is 43.8 Å². The highest BCUT2D eigenvalue weighted by Gasteiger charge is 2.32. The highest BCUT2D eigenvalue weighted by molar-refractivity contribution is 8.00. The molecule has 1 N–H and O–H groups in total. The fourth-order valence-electron chi connectivity index (χ4n) is 2.93. The fraction of sp³-hybridized carbons (Fsp3) is 0.450. The molecular weight excluding hydrogens is 372 g/mol. The Morgan fingerprint density at radius 3 is 2.68 bits per heavy atom. The summed E-state index contributed by atoms with van der Waals surface area (Å²) in [5.41, 5.74) is 1.67. The van der Waals surface area contributed by atoms with Gasteiger partial charge in [-0.05, 0) is 32.8 Å². The third-order valence-corrected chi connectivity index (χ3v) is 6.04. The molecule has 0 aliphatic carbocycles. The molecule has 2 heterocycles.